The van der Waals surface area contributed by atoms with Gasteiger partial charge in [-0.1, -0.05) is 6.92 Å². The van der Waals surface area contributed by atoms with E-state index < -0.39 is 5.97 Å². The van der Waals surface area contributed by atoms with E-state index in [0.717, 1.165) is 0 Å². The predicted octanol–water partition coefficient (Wildman–Crippen LogP) is 1.58. The summed E-state index contributed by atoms with van der Waals surface area (Å²) >= 11 is 0. The van der Waals surface area contributed by atoms with Gasteiger partial charge in [-0.05, 0) is 24.1 Å². The van der Waals surface area contributed by atoms with Crippen LogP contribution in [-0.2, 0) is 16.0 Å². The van der Waals surface area contributed by atoms with Crippen LogP contribution < -0.4 is 14.2 Å². The Bertz CT molecular complexity index is 532. The highest BCUT2D eigenvalue weighted by Crippen LogP contribution is 2.38. The molecule has 0 saturated heterocycles. The van der Waals surface area contributed by atoms with Gasteiger partial charge in [0.25, 0.3) is 0 Å². The number of nitrogens with zero attached hydrogens (tertiary/aromatic N) is 1. The van der Waals surface area contributed by atoms with Crippen LogP contribution in [0.15, 0.2) is 12.1 Å². The number of carboxylic acid groups (broad SMARTS) is 1. The summed E-state index contributed by atoms with van der Waals surface area (Å²) in [6.07, 6.45) is 0.748. The Labute approximate surface area is 135 Å². The average Bonchev–Trinajstić information content (AvgIpc) is 2.52. The fourth-order valence-corrected chi connectivity index (χ4v) is 2.25. The third-order valence-corrected chi connectivity index (χ3v) is 3.25. The lowest BCUT2D eigenvalue weighted by Crippen LogP contribution is -2.37. The van der Waals surface area contributed by atoms with Crippen LogP contribution in [0.1, 0.15) is 18.9 Å². The average molecular weight is 325 g/mol. The molecular formula is C16H23NO6. The summed E-state index contributed by atoms with van der Waals surface area (Å²) in [7, 11) is 4.49. The Kier molecular flexibility index (Phi) is 7.18. The highest BCUT2D eigenvalue weighted by molar-refractivity contribution is 5.83. The van der Waals surface area contributed by atoms with Crippen molar-refractivity contribution in [1.29, 1.82) is 0 Å². The van der Waals surface area contributed by atoms with Crippen molar-refractivity contribution in [3.05, 3.63) is 17.7 Å². The van der Waals surface area contributed by atoms with Crippen LogP contribution in [0.25, 0.3) is 0 Å². The molecule has 0 aliphatic carbocycles. The van der Waals surface area contributed by atoms with E-state index in [9.17, 15) is 9.59 Å². The number of methoxy groups -OCH3 is 3. The van der Waals surface area contributed by atoms with Crippen LogP contribution in [0.3, 0.4) is 0 Å². The van der Waals surface area contributed by atoms with Gasteiger partial charge in [0.2, 0.25) is 11.7 Å². The zero-order valence-electron chi connectivity index (χ0n) is 13.9. The largest absolute Gasteiger partial charge is 0.493 e. The van der Waals surface area contributed by atoms with Crippen molar-refractivity contribution in [2.45, 2.75) is 19.8 Å². The van der Waals surface area contributed by atoms with Crippen molar-refractivity contribution >= 4 is 11.9 Å². The molecule has 1 amide bonds. The van der Waals surface area contributed by atoms with Gasteiger partial charge < -0.3 is 24.2 Å². The lowest BCUT2D eigenvalue weighted by Gasteiger charge is -2.20. The number of amides is 1. The van der Waals surface area contributed by atoms with Gasteiger partial charge in [0.1, 0.15) is 6.54 Å². The molecular weight excluding hydrogens is 302 g/mol. The third-order valence-electron chi connectivity index (χ3n) is 3.25. The molecule has 0 aliphatic heterocycles. The first-order chi connectivity index (χ1) is 11.0. The molecule has 1 N–H and O–H groups in total. The highest BCUT2D eigenvalue weighted by Gasteiger charge is 2.19. The Morgan fingerprint density at radius 2 is 1.65 bits per heavy atom. The molecule has 128 valence electrons. The van der Waals surface area contributed by atoms with E-state index in [1.165, 1.54) is 26.2 Å². The fourth-order valence-electron chi connectivity index (χ4n) is 2.25. The zero-order valence-corrected chi connectivity index (χ0v) is 13.9. The number of carbonyl (C=O) groups excluding carboxylic acids is 1. The number of carboxylic acids is 1. The first kappa shape index (κ1) is 18.6. The van der Waals surface area contributed by atoms with Gasteiger partial charge in [0.15, 0.2) is 11.5 Å². The molecule has 0 radical (unpaired) electrons. The Balaban J connectivity index is 3.02. The molecule has 0 aliphatic rings. The molecule has 1 aromatic rings. The van der Waals surface area contributed by atoms with Crippen LogP contribution in [0, 0.1) is 0 Å². The summed E-state index contributed by atoms with van der Waals surface area (Å²) in [6.45, 7) is 1.98. The molecule has 0 unspecified atom stereocenters. The monoisotopic (exact) mass is 325 g/mol. The maximum atomic E-state index is 12.3. The van der Waals surface area contributed by atoms with Crippen molar-refractivity contribution in [1.82, 2.24) is 4.90 Å². The normalized spacial score (nSPS) is 10.1. The molecule has 0 spiro atoms. The summed E-state index contributed by atoms with van der Waals surface area (Å²) in [6, 6.07) is 3.37. The van der Waals surface area contributed by atoms with E-state index in [1.54, 1.807) is 12.1 Å². The van der Waals surface area contributed by atoms with E-state index in [2.05, 4.69) is 0 Å². The Morgan fingerprint density at radius 3 is 2.04 bits per heavy atom. The fraction of sp³-hybridized carbons (Fsp3) is 0.500. The molecule has 0 aromatic heterocycles. The minimum Gasteiger partial charge on any atom is -0.493 e. The Morgan fingerprint density at radius 1 is 1.09 bits per heavy atom. The Hall–Kier alpha value is -2.44. The maximum absolute atomic E-state index is 12.3. The summed E-state index contributed by atoms with van der Waals surface area (Å²) < 4.78 is 15.7. The molecule has 0 heterocycles. The maximum Gasteiger partial charge on any atom is 0.323 e. The van der Waals surface area contributed by atoms with E-state index in [1.807, 2.05) is 6.92 Å². The molecule has 0 atom stereocenters. The molecule has 0 saturated carbocycles. The summed E-state index contributed by atoms with van der Waals surface area (Å²) in [5.74, 6) is 0.0622. The van der Waals surface area contributed by atoms with E-state index in [4.69, 9.17) is 19.3 Å². The van der Waals surface area contributed by atoms with Crippen molar-refractivity contribution in [3.8, 4) is 17.2 Å². The number of benzene rings is 1. The molecule has 0 fully saturated rings. The SMILES string of the molecule is CCCN(CC(=O)O)C(=O)Cc1cc(OC)c(OC)c(OC)c1. The first-order valence-corrected chi connectivity index (χ1v) is 7.25. The van der Waals surface area contributed by atoms with Gasteiger partial charge in [0, 0.05) is 6.54 Å². The lowest BCUT2D eigenvalue weighted by molar-refractivity contribution is -0.144. The van der Waals surface area contributed by atoms with Crippen LogP contribution in [-0.4, -0.2) is 56.3 Å². The van der Waals surface area contributed by atoms with Crippen LogP contribution in [0.2, 0.25) is 0 Å². The molecule has 7 heteroatoms. The minimum absolute atomic E-state index is 0.0595. The number of aliphatic carboxylic acids is 1. The molecule has 0 bridgehead atoms. The van der Waals surface area contributed by atoms with E-state index >= 15 is 0 Å². The van der Waals surface area contributed by atoms with Crippen LogP contribution >= 0.6 is 0 Å². The van der Waals surface area contributed by atoms with E-state index in [-0.39, 0.29) is 18.9 Å². The number of hydrogen-bond donors (Lipinski definition) is 1. The molecule has 1 rings (SSSR count). The van der Waals surface area contributed by atoms with E-state index in [0.29, 0.717) is 35.8 Å². The molecule has 23 heavy (non-hydrogen) atoms. The van der Waals surface area contributed by atoms with Gasteiger partial charge in [-0.15, -0.1) is 0 Å². The van der Waals surface area contributed by atoms with Gasteiger partial charge in [-0.2, -0.15) is 0 Å². The summed E-state index contributed by atoms with van der Waals surface area (Å²) in [4.78, 5) is 24.5. The van der Waals surface area contributed by atoms with Crippen molar-refractivity contribution in [2.75, 3.05) is 34.4 Å². The zero-order chi connectivity index (χ0) is 17.4. The molecule has 7 nitrogen and oxygen atoms in total. The van der Waals surface area contributed by atoms with Crippen molar-refractivity contribution in [2.24, 2.45) is 0 Å². The first-order valence-electron chi connectivity index (χ1n) is 7.25. The van der Waals surface area contributed by atoms with Crippen LogP contribution in [0.5, 0.6) is 17.2 Å². The standard InChI is InChI=1S/C16H23NO6/c1-5-6-17(10-15(19)20)14(18)9-11-7-12(21-2)16(23-4)13(8-11)22-3/h7-8H,5-6,9-10H2,1-4H3,(H,19,20). The third kappa shape index (κ3) is 5.05. The van der Waals surface area contributed by atoms with Gasteiger partial charge in [0.05, 0.1) is 27.8 Å². The topological polar surface area (TPSA) is 85.3 Å². The highest BCUT2D eigenvalue weighted by atomic mass is 16.5. The van der Waals surface area contributed by atoms with Gasteiger partial charge in [-0.25, -0.2) is 0 Å². The van der Waals surface area contributed by atoms with Gasteiger partial charge in [-0.3, -0.25) is 9.59 Å². The second-order valence-corrected chi connectivity index (χ2v) is 4.92. The number of ether oxygens (including phenoxy) is 3. The number of carbonyl (C=O) groups is 2. The van der Waals surface area contributed by atoms with Crippen LogP contribution in [0.4, 0.5) is 0 Å². The van der Waals surface area contributed by atoms with Crippen molar-refractivity contribution in [3.63, 3.8) is 0 Å². The minimum atomic E-state index is -1.03. The summed E-state index contributed by atoms with van der Waals surface area (Å²) in [5, 5.41) is 8.91. The summed E-state index contributed by atoms with van der Waals surface area (Å²) in [5.41, 5.74) is 0.663. The number of rotatable bonds is 9. The second-order valence-electron chi connectivity index (χ2n) is 4.92. The smallest absolute Gasteiger partial charge is 0.323 e. The van der Waals surface area contributed by atoms with Gasteiger partial charge >= 0.3 is 5.97 Å². The number of hydrogen-bond acceptors (Lipinski definition) is 5. The predicted molar refractivity (Wildman–Crippen MR) is 84.3 cm³/mol. The van der Waals surface area contributed by atoms with Crippen molar-refractivity contribution < 1.29 is 28.9 Å². The quantitative estimate of drug-likeness (QED) is 0.742. The second kappa shape index (κ2) is 8.87. The lowest BCUT2D eigenvalue weighted by atomic mass is 10.1. The molecule has 1 aromatic carbocycles.